The Bertz CT molecular complexity index is 479. The minimum absolute atomic E-state index is 0.0254. The molecule has 118 valence electrons. The van der Waals surface area contributed by atoms with Crippen LogP contribution in [0.25, 0.3) is 0 Å². The largest absolute Gasteiger partial charge is 0.416 e. The van der Waals surface area contributed by atoms with E-state index in [-0.39, 0.29) is 11.5 Å². The van der Waals surface area contributed by atoms with Gasteiger partial charge in [-0.3, -0.25) is 0 Å². The summed E-state index contributed by atoms with van der Waals surface area (Å²) in [5, 5.41) is 3.26. The fourth-order valence-electron chi connectivity index (χ4n) is 3.65. The fourth-order valence-corrected chi connectivity index (χ4v) is 3.65. The third kappa shape index (κ3) is 3.60. The summed E-state index contributed by atoms with van der Waals surface area (Å²) < 4.78 is 38.7. The second-order valence-corrected chi connectivity index (χ2v) is 6.73. The Morgan fingerprint density at radius 2 is 1.95 bits per heavy atom. The van der Waals surface area contributed by atoms with Crippen molar-refractivity contribution in [1.82, 2.24) is 5.32 Å². The number of benzene rings is 1. The van der Waals surface area contributed by atoms with Crippen LogP contribution < -0.4 is 5.32 Å². The van der Waals surface area contributed by atoms with Crippen LogP contribution in [0.4, 0.5) is 13.2 Å². The Balaban J connectivity index is 2.33. The number of alkyl halides is 3. The Labute approximate surface area is 124 Å². The van der Waals surface area contributed by atoms with E-state index in [1.54, 1.807) is 6.07 Å². The molecule has 0 saturated heterocycles. The van der Waals surface area contributed by atoms with E-state index in [9.17, 15) is 13.2 Å². The molecule has 1 N–H and O–H groups in total. The smallest absolute Gasteiger partial charge is 0.313 e. The molecule has 1 nitrogen and oxygen atoms in total. The van der Waals surface area contributed by atoms with E-state index >= 15 is 0 Å². The van der Waals surface area contributed by atoms with Gasteiger partial charge < -0.3 is 5.32 Å². The fraction of sp³-hybridized carbons (Fsp3) is 0.647. The van der Waals surface area contributed by atoms with Gasteiger partial charge in [-0.2, -0.15) is 13.2 Å². The predicted molar refractivity (Wildman–Crippen MR) is 79.0 cm³/mol. The first kappa shape index (κ1) is 16.3. The number of hydrogen-bond donors (Lipinski definition) is 1. The number of rotatable bonds is 3. The van der Waals surface area contributed by atoms with Crippen molar-refractivity contribution in [3.05, 3.63) is 35.4 Å². The monoisotopic (exact) mass is 299 g/mol. The quantitative estimate of drug-likeness (QED) is 0.810. The summed E-state index contributed by atoms with van der Waals surface area (Å²) in [6.07, 6.45) is 0.285. The summed E-state index contributed by atoms with van der Waals surface area (Å²) in [5.41, 5.74) is 0.335. The van der Waals surface area contributed by atoms with Gasteiger partial charge in [0.25, 0.3) is 0 Å². The van der Waals surface area contributed by atoms with Crippen LogP contribution in [-0.2, 0) is 6.18 Å². The molecule has 0 aliphatic heterocycles. The van der Waals surface area contributed by atoms with Crippen LogP contribution in [0.2, 0.25) is 0 Å². The molecule has 0 spiro atoms. The highest BCUT2D eigenvalue weighted by atomic mass is 19.4. The molecule has 1 fully saturated rings. The van der Waals surface area contributed by atoms with Crippen molar-refractivity contribution in [3.63, 3.8) is 0 Å². The van der Waals surface area contributed by atoms with Crippen LogP contribution in [0.3, 0.4) is 0 Å². The lowest BCUT2D eigenvalue weighted by atomic mass is 9.65. The Morgan fingerprint density at radius 1 is 1.24 bits per heavy atom. The normalized spacial score (nSPS) is 23.8. The number of nitrogens with one attached hydrogen (secondary N) is 1. The Morgan fingerprint density at radius 3 is 2.52 bits per heavy atom. The average molecular weight is 299 g/mol. The SMILES string of the molecule is CNC(c1cccc(C(F)(F)F)c1)C1CCCCC1(C)C. The van der Waals surface area contributed by atoms with Crippen molar-refractivity contribution in [1.29, 1.82) is 0 Å². The van der Waals surface area contributed by atoms with Crippen molar-refractivity contribution in [3.8, 4) is 0 Å². The summed E-state index contributed by atoms with van der Waals surface area (Å²) in [5.74, 6) is 0.361. The maximum Gasteiger partial charge on any atom is 0.416 e. The number of halogens is 3. The molecular formula is C17H24F3N. The lowest BCUT2D eigenvalue weighted by Gasteiger charge is -2.43. The maximum absolute atomic E-state index is 12.9. The molecule has 2 atom stereocenters. The van der Waals surface area contributed by atoms with Gasteiger partial charge in [0, 0.05) is 6.04 Å². The van der Waals surface area contributed by atoms with E-state index in [4.69, 9.17) is 0 Å². The minimum atomic E-state index is -4.28. The first-order valence-corrected chi connectivity index (χ1v) is 7.60. The highest BCUT2D eigenvalue weighted by Gasteiger charge is 2.38. The summed E-state index contributed by atoms with van der Waals surface area (Å²) in [4.78, 5) is 0. The molecule has 1 aliphatic rings. The molecule has 0 heterocycles. The zero-order valence-corrected chi connectivity index (χ0v) is 12.9. The molecule has 0 aromatic heterocycles. The van der Waals surface area contributed by atoms with Crippen molar-refractivity contribution >= 4 is 0 Å². The van der Waals surface area contributed by atoms with Crippen LogP contribution in [0.5, 0.6) is 0 Å². The maximum atomic E-state index is 12.9. The second kappa shape index (κ2) is 5.99. The molecule has 0 amide bonds. The van der Waals surface area contributed by atoms with Gasteiger partial charge in [-0.25, -0.2) is 0 Å². The van der Waals surface area contributed by atoms with E-state index < -0.39 is 11.7 Å². The molecular weight excluding hydrogens is 275 g/mol. The first-order chi connectivity index (χ1) is 9.75. The second-order valence-electron chi connectivity index (χ2n) is 6.73. The lowest BCUT2D eigenvalue weighted by molar-refractivity contribution is -0.137. The van der Waals surface area contributed by atoms with E-state index in [0.717, 1.165) is 30.9 Å². The van der Waals surface area contributed by atoms with Gasteiger partial charge in [-0.05, 0) is 48.9 Å². The third-order valence-electron chi connectivity index (χ3n) is 4.88. The molecule has 2 rings (SSSR count). The molecule has 1 aliphatic carbocycles. The standard InChI is InChI=1S/C17H24F3N/c1-16(2)10-5-4-9-14(16)15(21-3)12-7-6-8-13(11-12)17(18,19)20/h6-8,11,14-15,21H,4-5,9-10H2,1-3H3. The van der Waals surface area contributed by atoms with Crippen molar-refractivity contribution < 1.29 is 13.2 Å². The Hall–Kier alpha value is -1.03. The summed E-state index contributed by atoms with van der Waals surface area (Å²) in [6.45, 7) is 4.46. The molecule has 4 heteroatoms. The van der Waals surface area contributed by atoms with Crippen molar-refractivity contribution in [2.45, 2.75) is 51.7 Å². The summed E-state index contributed by atoms with van der Waals surface area (Å²) >= 11 is 0. The van der Waals surface area contributed by atoms with E-state index in [0.29, 0.717) is 5.92 Å². The van der Waals surface area contributed by atoms with Crippen molar-refractivity contribution in [2.24, 2.45) is 11.3 Å². The highest BCUT2D eigenvalue weighted by molar-refractivity contribution is 5.29. The van der Waals surface area contributed by atoms with Gasteiger partial charge >= 0.3 is 6.18 Å². The van der Waals surface area contributed by atoms with E-state index in [1.807, 2.05) is 7.05 Å². The van der Waals surface area contributed by atoms with Crippen LogP contribution in [0.1, 0.15) is 56.7 Å². The molecule has 1 aromatic carbocycles. The lowest BCUT2D eigenvalue weighted by Crippen LogP contribution is -2.37. The van der Waals surface area contributed by atoms with Gasteiger partial charge in [0.05, 0.1) is 5.56 Å². The van der Waals surface area contributed by atoms with Crippen LogP contribution >= 0.6 is 0 Å². The van der Waals surface area contributed by atoms with E-state index in [2.05, 4.69) is 19.2 Å². The molecule has 1 saturated carbocycles. The Kier molecular flexibility index (Phi) is 4.66. The summed E-state index contributed by atoms with van der Waals surface area (Å²) in [7, 11) is 1.84. The minimum Gasteiger partial charge on any atom is -0.313 e. The van der Waals surface area contributed by atoms with Gasteiger partial charge in [-0.15, -0.1) is 0 Å². The predicted octanol–water partition coefficient (Wildman–Crippen LogP) is 5.18. The van der Waals surface area contributed by atoms with Gasteiger partial charge in [0.15, 0.2) is 0 Å². The van der Waals surface area contributed by atoms with Crippen LogP contribution in [0, 0.1) is 11.3 Å². The van der Waals surface area contributed by atoms with Crippen LogP contribution in [0.15, 0.2) is 24.3 Å². The van der Waals surface area contributed by atoms with Crippen LogP contribution in [-0.4, -0.2) is 7.05 Å². The molecule has 0 bridgehead atoms. The third-order valence-corrected chi connectivity index (χ3v) is 4.88. The van der Waals surface area contributed by atoms with E-state index in [1.165, 1.54) is 18.6 Å². The van der Waals surface area contributed by atoms with Gasteiger partial charge in [-0.1, -0.05) is 38.8 Å². The summed E-state index contributed by atoms with van der Waals surface area (Å²) in [6, 6.07) is 5.73. The molecule has 0 radical (unpaired) electrons. The zero-order chi connectivity index (χ0) is 15.7. The van der Waals surface area contributed by atoms with Gasteiger partial charge in [0.2, 0.25) is 0 Å². The number of hydrogen-bond acceptors (Lipinski definition) is 1. The highest BCUT2D eigenvalue weighted by Crippen LogP contribution is 2.47. The first-order valence-electron chi connectivity index (χ1n) is 7.60. The molecule has 1 aromatic rings. The molecule has 2 unspecified atom stereocenters. The topological polar surface area (TPSA) is 12.0 Å². The van der Waals surface area contributed by atoms with Gasteiger partial charge in [0.1, 0.15) is 0 Å². The zero-order valence-electron chi connectivity index (χ0n) is 12.9. The van der Waals surface area contributed by atoms with Crippen molar-refractivity contribution in [2.75, 3.05) is 7.05 Å². The average Bonchev–Trinajstić information content (AvgIpc) is 2.41. The molecule has 21 heavy (non-hydrogen) atoms.